The van der Waals surface area contributed by atoms with Crippen LogP contribution in [0.5, 0.6) is 0 Å². The van der Waals surface area contributed by atoms with Crippen LogP contribution in [-0.2, 0) is 0 Å². The van der Waals surface area contributed by atoms with E-state index in [9.17, 15) is 0 Å². The van der Waals surface area contributed by atoms with Gasteiger partial charge in [0, 0.05) is 15.4 Å². The summed E-state index contributed by atoms with van der Waals surface area (Å²) in [6.45, 7) is 0. The second-order valence-corrected chi connectivity index (χ2v) is 3.83. The van der Waals surface area contributed by atoms with Crippen LogP contribution in [0.1, 0.15) is 5.56 Å². The van der Waals surface area contributed by atoms with Gasteiger partial charge in [-0.1, -0.05) is 12.0 Å². The van der Waals surface area contributed by atoms with Crippen LogP contribution in [0.25, 0.3) is 0 Å². The summed E-state index contributed by atoms with van der Waals surface area (Å²) in [6, 6.07) is 5.94. The van der Waals surface area contributed by atoms with E-state index in [2.05, 4.69) is 12.0 Å². The second-order valence-electron chi connectivity index (χ2n) is 2.17. The van der Waals surface area contributed by atoms with Gasteiger partial charge >= 0.3 is 0 Å². The van der Waals surface area contributed by atoms with Gasteiger partial charge in [-0.15, -0.1) is 23.5 Å². The highest BCUT2D eigenvalue weighted by atomic mass is 32.2. The Morgan fingerprint density at radius 3 is 2.50 bits per heavy atom. The van der Waals surface area contributed by atoms with Gasteiger partial charge in [-0.25, -0.2) is 0 Å². The van der Waals surface area contributed by atoms with Gasteiger partial charge in [0.1, 0.15) is 0 Å². The van der Waals surface area contributed by atoms with Gasteiger partial charge in [-0.3, -0.25) is 0 Å². The van der Waals surface area contributed by atoms with Crippen molar-refractivity contribution in [1.82, 2.24) is 0 Å². The molecule has 0 amide bonds. The van der Waals surface area contributed by atoms with E-state index < -0.39 is 0 Å². The molecular weight excluding hydrogens is 184 g/mol. The molecular formula is C10H9S2. The fraction of sp³-hybridized carbons (Fsp3) is 0.200. The SMILES string of the molecule is [C]#Cc1cccc(SC)c1SC. The molecule has 2 heteroatoms. The molecule has 0 atom stereocenters. The van der Waals surface area contributed by atoms with E-state index in [0.717, 1.165) is 10.5 Å². The molecule has 61 valence electrons. The lowest BCUT2D eigenvalue weighted by molar-refractivity contribution is 1.23. The van der Waals surface area contributed by atoms with Crippen LogP contribution in [0.3, 0.4) is 0 Å². The molecule has 0 aliphatic carbocycles. The highest BCUT2D eigenvalue weighted by molar-refractivity contribution is 8.01. The molecule has 0 bridgehead atoms. The summed E-state index contributed by atoms with van der Waals surface area (Å²) in [7, 11) is 0. The zero-order valence-corrected chi connectivity index (χ0v) is 8.68. The quantitative estimate of drug-likeness (QED) is 0.523. The molecule has 0 heterocycles. The second kappa shape index (κ2) is 4.49. The van der Waals surface area contributed by atoms with E-state index in [1.165, 1.54) is 4.90 Å². The van der Waals surface area contributed by atoms with Crippen molar-refractivity contribution >= 4 is 23.5 Å². The third-order valence-corrected chi connectivity index (χ3v) is 3.29. The van der Waals surface area contributed by atoms with Crippen molar-refractivity contribution in [2.75, 3.05) is 12.5 Å². The summed E-state index contributed by atoms with van der Waals surface area (Å²) in [5.41, 5.74) is 0.884. The maximum absolute atomic E-state index is 7.09. The molecule has 0 aromatic heterocycles. The topological polar surface area (TPSA) is 0 Å². The van der Waals surface area contributed by atoms with Gasteiger partial charge < -0.3 is 0 Å². The number of rotatable bonds is 2. The molecule has 0 N–H and O–H groups in total. The standard InChI is InChI=1S/C10H9S2/c1-4-8-6-5-7-9(11-2)10(8)12-3/h5-7H,2-3H3. The Balaban J connectivity index is 3.24. The van der Waals surface area contributed by atoms with Crippen LogP contribution >= 0.6 is 23.5 Å². The fourth-order valence-electron chi connectivity index (χ4n) is 0.986. The highest BCUT2D eigenvalue weighted by Gasteiger charge is 2.03. The van der Waals surface area contributed by atoms with Crippen LogP contribution in [0.2, 0.25) is 0 Å². The zero-order valence-electron chi connectivity index (χ0n) is 7.05. The normalized spacial score (nSPS) is 9.42. The Kier molecular flexibility index (Phi) is 3.58. The smallest absolute Gasteiger partial charge is 0.0402 e. The third kappa shape index (κ3) is 1.80. The molecule has 1 radical (unpaired) electrons. The largest absolute Gasteiger partial charge is 0.128 e. The van der Waals surface area contributed by atoms with Crippen molar-refractivity contribution < 1.29 is 0 Å². The van der Waals surface area contributed by atoms with Gasteiger partial charge in [-0.05, 0) is 31.1 Å². The van der Waals surface area contributed by atoms with Crippen LogP contribution in [0.4, 0.5) is 0 Å². The maximum Gasteiger partial charge on any atom is 0.0402 e. The first kappa shape index (κ1) is 9.57. The lowest BCUT2D eigenvalue weighted by atomic mass is 10.2. The first-order valence-corrected chi connectivity index (χ1v) is 5.92. The minimum atomic E-state index is 0.884. The molecule has 1 aromatic rings. The lowest BCUT2D eigenvalue weighted by Gasteiger charge is -2.05. The van der Waals surface area contributed by atoms with Crippen molar-refractivity contribution in [3.63, 3.8) is 0 Å². The predicted molar refractivity (Wildman–Crippen MR) is 56.2 cm³/mol. The lowest BCUT2D eigenvalue weighted by Crippen LogP contribution is -1.82. The molecule has 0 saturated carbocycles. The van der Waals surface area contributed by atoms with E-state index >= 15 is 0 Å². The molecule has 0 spiro atoms. The monoisotopic (exact) mass is 193 g/mol. The Morgan fingerprint density at radius 1 is 1.25 bits per heavy atom. The molecule has 0 fully saturated rings. The van der Waals surface area contributed by atoms with Crippen molar-refractivity contribution in [3.05, 3.63) is 30.2 Å². The zero-order chi connectivity index (χ0) is 8.97. The minimum absolute atomic E-state index is 0.884. The first-order chi connectivity index (χ1) is 5.83. The van der Waals surface area contributed by atoms with Gasteiger partial charge in [0.25, 0.3) is 0 Å². The van der Waals surface area contributed by atoms with Crippen molar-refractivity contribution in [1.29, 1.82) is 0 Å². The van der Waals surface area contributed by atoms with Crippen LogP contribution < -0.4 is 0 Å². The van der Waals surface area contributed by atoms with Crippen LogP contribution in [0, 0.1) is 12.3 Å². The van der Waals surface area contributed by atoms with E-state index in [1.54, 1.807) is 23.5 Å². The van der Waals surface area contributed by atoms with Crippen molar-refractivity contribution in [2.45, 2.75) is 9.79 Å². The van der Waals surface area contributed by atoms with Crippen LogP contribution in [0.15, 0.2) is 28.0 Å². The summed E-state index contributed by atoms with van der Waals surface area (Å²) < 4.78 is 0. The molecule has 0 unspecified atom stereocenters. The fourth-order valence-corrected chi connectivity index (χ4v) is 2.60. The predicted octanol–water partition coefficient (Wildman–Crippen LogP) is 3.07. The summed E-state index contributed by atoms with van der Waals surface area (Å²) in [5.74, 6) is 2.44. The Labute approximate surface area is 82.1 Å². The molecule has 0 saturated heterocycles. The third-order valence-electron chi connectivity index (χ3n) is 1.54. The molecule has 1 aromatic carbocycles. The minimum Gasteiger partial charge on any atom is -0.128 e. The average Bonchev–Trinajstić information content (AvgIpc) is 2.16. The Morgan fingerprint density at radius 2 is 2.00 bits per heavy atom. The van der Waals surface area contributed by atoms with Crippen molar-refractivity contribution in [2.24, 2.45) is 0 Å². The summed E-state index contributed by atoms with van der Waals surface area (Å²) >= 11 is 3.37. The highest BCUT2D eigenvalue weighted by Crippen LogP contribution is 2.30. The summed E-state index contributed by atoms with van der Waals surface area (Å²) in [5, 5.41) is 0. The first-order valence-electron chi connectivity index (χ1n) is 3.47. The molecule has 0 aliphatic rings. The van der Waals surface area contributed by atoms with Crippen LogP contribution in [-0.4, -0.2) is 12.5 Å². The molecule has 0 aliphatic heterocycles. The maximum atomic E-state index is 7.09. The van der Waals surface area contributed by atoms with Gasteiger partial charge in [0.05, 0.1) is 0 Å². The molecule has 1 rings (SSSR count). The Hall–Kier alpha value is -0.520. The Bertz CT molecular complexity index is 310. The number of hydrogen-bond acceptors (Lipinski definition) is 2. The van der Waals surface area contributed by atoms with Crippen molar-refractivity contribution in [3.8, 4) is 5.92 Å². The number of hydrogen-bond donors (Lipinski definition) is 0. The summed E-state index contributed by atoms with van der Waals surface area (Å²) in [4.78, 5) is 2.37. The molecule has 0 nitrogen and oxygen atoms in total. The van der Waals surface area contributed by atoms with Gasteiger partial charge in [0.15, 0.2) is 0 Å². The van der Waals surface area contributed by atoms with Gasteiger partial charge in [-0.2, -0.15) is 0 Å². The van der Waals surface area contributed by atoms with E-state index in [1.807, 2.05) is 24.6 Å². The number of benzene rings is 1. The summed E-state index contributed by atoms with van der Waals surface area (Å²) in [6.07, 6.45) is 11.2. The van der Waals surface area contributed by atoms with E-state index in [0.29, 0.717) is 0 Å². The van der Waals surface area contributed by atoms with E-state index in [4.69, 9.17) is 6.42 Å². The van der Waals surface area contributed by atoms with E-state index in [-0.39, 0.29) is 0 Å². The van der Waals surface area contributed by atoms with Gasteiger partial charge in [0.2, 0.25) is 0 Å². The average molecular weight is 193 g/mol. The molecule has 12 heavy (non-hydrogen) atoms. The number of thioether (sulfide) groups is 2.